The number of hydrogen-bond acceptors (Lipinski definition) is 2. The predicted octanol–water partition coefficient (Wildman–Crippen LogP) is 3.00. The van der Waals surface area contributed by atoms with Crippen LogP contribution in [0.5, 0.6) is 0 Å². The van der Waals surface area contributed by atoms with E-state index in [1.165, 1.54) is 11.3 Å². The maximum absolute atomic E-state index is 12.5. The van der Waals surface area contributed by atoms with Crippen LogP contribution in [-0.4, -0.2) is 37.0 Å². The van der Waals surface area contributed by atoms with Gasteiger partial charge in [-0.25, -0.2) is 0 Å². The zero-order valence-electron chi connectivity index (χ0n) is 12.8. The standard InChI is InChI=1S/C18H24N2O/c1-15-7-5-6-10-17(15)19-11-13-20(14-12-19)18(21)16-8-3-2-4-9-16/h2-3,5-7,10,16H,4,8-9,11-14H2,1H3. The first-order valence-electron chi connectivity index (χ1n) is 8.00. The molecule has 1 atom stereocenters. The zero-order valence-corrected chi connectivity index (χ0v) is 12.8. The van der Waals surface area contributed by atoms with Crippen molar-refractivity contribution in [3.63, 3.8) is 0 Å². The topological polar surface area (TPSA) is 23.6 Å². The van der Waals surface area contributed by atoms with Gasteiger partial charge in [0, 0.05) is 37.8 Å². The molecule has 2 aliphatic rings. The Morgan fingerprint density at radius 1 is 1.10 bits per heavy atom. The Hall–Kier alpha value is -1.77. The molecule has 0 radical (unpaired) electrons. The molecule has 0 bridgehead atoms. The highest BCUT2D eigenvalue weighted by molar-refractivity contribution is 5.79. The number of nitrogens with zero attached hydrogens (tertiary/aromatic N) is 2. The van der Waals surface area contributed by atoms with Gasteiger partial charge in [0.25, 0.3) is 0 Å². The summed E-state index contributed by atoms with van der Waals surface area (Å²) >= 11 is 0. The molecule has 1 amide bonds. The lowest BCUT2D eigenvalue weighted by Crippen LogP contribution is -2.50. The third-order valence-electron chi connectivity index (χ3n) is 4.67. The van der Waals surface area contributed by atoms with E-state index in [0.717, 1.165) is 45.4 Å². The monoisotopic (exact) mass is 284 g/mol. The molecule has 1 aliphatic heterocycles. The van der Waals surface area contributed by atoms with Crippen LogP contribution < -0.4 is 4.90 Å². The van der Waals surface area contributed by atoms with Gasteiger partial charge in [-0.1, -0.05) is 30.4 Å². The van der Waals surface area contributed by atoms with E-state index in [2.05, 4.69) is 53.1 Å². The number of hydrogen-bond donors (Lipinski definition) is 0. The molecule has 1 aromatic carbocycles. The molecule has 0 N–H and O–H groups in total. The SMILES string of the molecule is Cc1ccccc1N1CCN(C(=O)C2CC=CCC2)CC1. The fourth-order valence-corrected chi connectivity index (χ4v) is 3.36. The molecule has 0 aromatic heterocycles. The summed E-state index contributed by atoms with van der Waals surface area (Å²) in [6, 6.07) is 8.50. The minimum Gasteiger partial charge on any atom is -0.368 e. The maximum atomic E-state index is 12.5. The van der Waals surface area contributed by atoms with Gasteiger partial charge in [0.1, 0.15) is 0 Å². The average molecular weight is 284 g/mol. The molecule has 1 unspecified atom stereocenters. The first kappa shape index (κ1) is 14.2. The molecule has 3 heteroatoms. The molecule has 21 heavy (non-hydrogen) atoms. The van der Waals surface area contributed by atoms with Gasteiger partial charge in [-0.05, 0) is 37.8 Å². The molecule has 1 aromatic rings. The summed E-state index contributed by atoms with van der Waals surface area (Å²) in [5, 5.41) is 0. The van der Waals surface area contributed by atoms with Gasteiger partial charge in [0.2, 0.25) is 5.91 Å². The lowest BCUT2D eigenvalue weighted by atomic mass is 9.93. The maximum Gasteiger partial charge on any atom is 0.226 e. The summed E-state index contributed by atoms with van der Waals surface area (Å²) in [6.07, 6.45) is 7.36. The van der Waals surface area contributed by atoms with Crippen molar-refractivity contribution in [1.82, 2.24) is 4.90 Å². The summed E-state index contributed by atoms with van der Waals surface area (Å²) < 4.78 is 0. The van der Waals surface area contributed by atoms with E-state index < -0.39 is 0 Å². The molecule has 3 rings (SSSR count). The van der Waals surface area contributed by atoms with Crippen LogP contribution in [0.1, 0.15) is 24.8 Å². The Morgan fingerprint density at radius 3 is 2.52 bits per heavy atom. The van der Waals surface area contributed by atoms with E-state index in [1.54, 1.807) is 0 Å². The van der Waals surface area contributed by atoms with Crippen LogP contribution >= 0.6 is 0 Å². The predicted molar refractivity (Wildman–Crippen MR) is 86.5 cm³/mol. The van der Waals surface area contributed by atoms with Crippen molar-refractivity contribution < 1.29 is 4.79 Å². The Kier molecular flexibility index (Phi) is 4.28. The van der Waals surface area contributed by atoms with Crippen molar-refractivity contribution in [3.8, 4) is 0 Å². The smallest absolute Gasteiger partial charge is 0.226 e. The molecule has 1 saturated heterocycles. The summed E-state index contributed by atoms with van der Waals surface area (Å²) in [6.45, 7) is 5.75. The number of carbonyl (C=O) groups is 1. The number of anilines is 1. The second kappa shape index (κ2) is 6.33. The number of benzene rings is 1. The molecule has 0 saturated carbocycles. The van der Waals surface area contributed by atoms with Gasteiger partial charge >= 0.3 is 0 Å². The molecule has 112 valence electrons. The first-order valence-corrected chi connectivity index (χ1v) is 8.00. The van der Waals surface area contributed by atoms with Gasteiger partial charge in [0.05, 0.1) is 0 Å². The minimum absolute atomic E-state index is 0.222. The van der Waals surface area contributed by atoms with E-state index in [9.17, 15) is 4.79 Å². The van der Waals surface area contributed by atoms with Crippen LogP contribution in [0.15, 0.2) is 36.4 Å². The lowest BCUT2D eigenvalue weighted by molar-refractivity contribution is -0.136. The van der Waals surface area contributed by atoms with E-state index in [1.807, 2.05) is 0 Å². The number of rotatable bonds is 2. The van der Waals surface area contributed by atoms with Gasteiger partial charge in [-0.15, -0.1) is 0 Å². The normalized spacial score (nSPS) is 22.4. The van der Waals surface area contributed by atoms with E-state index >= 15 is 0 Å². The zero-order chi connectivity index (χ0) is 14.7. The quantitative estimate of drug-likeness (QED) is 0.779. The second-order valence-corrected chi connectivity index (χ2v) is 6.08. The van der Waals surface area contributed by atoms with Crippen LogP contribution in [0, 0.1) is 12.8 Å². The highest BCUT2D eigenvalue weighted by Crippen LogP contribution is 2.24. The largest absolute Gasteiger partial charge is 0.368 e. The molecule has 1 fully saturated rings. The van der Waals surface area contributed by atoms with Crippen molar-refractivity contribution in [2.75, 3.05) is 31.1 Å². The lowest BCUT2D eigenvalue weighted by Gasteiger charge is -2.38. The molecule has 1 heterocycles. The van der Waals surface area contributed by atoms with Crippen molar-refractivity contribution in [2.24, 2.45) is 5.92 Å². The molecule has 3 nitrogen and oxygen atoms in total. The minimum atomic E-state index is 0.222. The second-order valence-electron chi connectivity index (χ2n) is 6.08. The molecule has 1 aliphatic carbocycles. The van der Waals surface area contributed by atoms with Crippen LogP contribution in [-0.2, 0) is 4.79 Å². The molecule has 0 spiro atoms. The fourth-order valence-electron chi connectivity index (χ4n) is 3.36. The summed E-state index contributed by atoms with van der Waals surface area (Å²) in [4.78, 5) is 17.0. The number of allylic oxidation sites excluding steroid dienone is 2. The number of piperazine rings is 1. The Morgan fingerprint density at radius 2 is 1.86 bits per heavy atom. The third-order valence-corrected chi connectivity index (χ3v) is 4.67. The van der Waals surface area contributed by atoms with E-state index in [4.69, 9.17) is 0 Å². The van der Waals surface area contributed by atoms with Gasteiger partial charge in [0.15, 0.2) is 0 Å². The van der Waals surface area contributed by atoms with Crippen molar-refractivity contribution >= 4 is 11.6 Å². The van der Waals surface area contributed by atoms with Crippen molar-refractivity contribution in [1.29, 1.82) is 0 Å². The summed E-state index contributed by atoms with van der Waals surface area (Å²) in [5.74, 6) is 0.587. The third kappa shape index (κ3) is 3.12. The highest BCUT2D eigenvalue weighted by atomic mass is 16.2. The van der Waals surface area contributed by atoms with Gasteiger partial charge < -0.3 is 9.80 Å². The number of amides is 1. The number of para-hydroxylation sites is 1. The highest BCUT2D eigenvalue weighted by Gasteiger charge is 2.27. The summed E-state index contributed by atoms with van der Waals surface area (Å²) in [7, 11) is 0. The van der Waals surface area contributed by atoms with Crippen LogP contribution in [0.2, 0.25) is 0 Å². The van der Waals surface area contributed by atoms with Crippen molar-refractivity contribution in [3.05, 3.63) is 42.0 Å². The number of aryl methyl sites for hydroxylation is 1. The van der Waals surface area contributed by atoms with Crippen LogP contribution in [0.4, 0.5) is 5.69 Å². The van der Waals surface area contributed by atoms with Gasteiger partial charge in [-0.2, -0.15) is 0 Å². The molecular weight excluding hydrogens is 260 g/mol. The van der Waals surface area contributed by atoms with Crippen LogP contribution in [0.25, 0.3) is 0 Å². The van der Waals surface area contributed by atoms with Gasteiger partial charge in [-0.3, -0.25) is 4.79 Å². The Bertz CT molecular complexity index is 530. The molecular formula is C18H24N2O. The van der Waals surface area contributed by atoms with Crippen molar-refractivity contribution in [2.45, 2.75) is 26.2 Å². The van der Waals surface area contributed by atoms with Crippen LogP contribution in [0.3, 0.4) is 0 Å². The van der Waals surface area contributed by atoms with E-state index in [0.29, 0.717) is 5.91 Å². The average Bonchev–Trinajstić information content (AvgIpc) is 2.56. The number of carbonyl (C=O) groups excluding carboxylic acids is 1. The Balaban J connectivity index is 1.59. The summed E-state index contributed by atoms with van der Waals surface area (Å²) in [5.41, 5.74) is 2.62. The Labute approximate surface area is 127 Å². The fraction of sp³-hybridized carbons (Fsp3) is 0.500. The first-order chi connectivity index (χ1) is 10.3. The van der Waals surface area contributed by atoms with E-state index in [-0.39, 0.29) is 5.92 Å².